The minimum Gasteiger partial charge on any atom is -0.320 e. The summed E-state index contributed by atoms with van der Waals surface area (Å²) in [5.41, 5.74) is 6.78. The lowest BCUT2D eigenvalue weighted by atomic mass is 9.99. The summed E-state index contributed by atoms with van der Waals surface area (Å²) in [5, 5.41) is 0.512. The standard InChI is InChI=1S/C13H9ClF2IN/c14-7-4-5-11(17)9(6-7)13(18)8-2-1-3-10(15)12(8)16/h1-6,13H,18H2. The van der Waals surface area contributed by atoms with Crippen LogP contribution in [0.15, 0.2) is 36.4 Å². The van der Waals surface area contributed by atoms with Crippen molar-refractivity contribution in [1.82, 2.24) is 0 Å². The van der Waals surface area contributed by atoms with Crippen LogP contribution in [0, 0.1) is 15.2 Å². The fraction of sp³-hybridized carbons (Fsp3) is 0.0769. The molecule has 0 fully saturated rings. The van der Waals surface area contributed by atoms with Crippen molar-refractivity contribution in [3.63, 3.8) is 0 Å². The molecule has 0 radical (unpaired) electrons. The predicted molar refractivity (Wildman–Crippen MR) is 76.6 cm³/mol. The van der Waals surface area contributed by atoms with E-state index in [1.165, 1.54) is 12.1 Å². The maximum atomic E-state index is 13.7. The highest BCUT2D eigenvalue weighted by Gasteiger charge is 2.18. The monoisotopic (exact) mass is 379 g/mol. The van der Waals surface area contributed by atoms with Crippen LogP contribution < -0.4 is 5.73 Å². The first-order chi connectivity index (χ1) is 8.50. The molecule has 2 rings (SSSR count). The van der Waals surface area contributed by atoms with Crippen molar-refractivity contribution in [3.05, 3.63) is 67.8 Å². The highest BCUT2D eigenvalue weighted by Crippen LogP contribution is 2.29. The topological polar surface area (TPSA) is 26.0 Å². The summed E-state index contributed by atoms with van der Waals surface area (Å²) in [6, 6.07) is 8.40. The first-order valence-electron chi connectivity index (χ1n) is 5.15. The Bertz CT molecular complexity index is 587. The third-order valence-corrected chi connectivity index (χ3v) is 3.83. The van der Waals surface area contributed by atoms with Gasteiger partial charge in [0.2, 0.25) is 0 Å². The normalized spacial score (nSPS) is 12.5. The van der Waals surface area contributed by atoms with E-state index >= 15 is 0 Å². The van der Waals surface area contributed by atoms with Crippen molar-refractivity contribution in [2.75, 3.05) is 0 Å². The maximum Gasteiger partial charge on any atom is 0.163 e. The number of halogens is 4. The minimum absolute atomic E-state index is 0.121. The van der Waals surface area contributed by atoms with Crippen molar-refractivity contribution < 1.29 is 8.78 Å². The van der Waals surface area contributed by atoms with Gasteiger partial charge in [0.1, 0.15) is 0 Å². The molecule has 2 aromatic rings. The van der Waals surface area contributed by atoms with Crippen LogP contribution in [0.3, 0.4) is 0 Å². The molecular formula is C13H9ClF2IN. The van der Waals surface area contributed by atoms with Gasteiger partial charge in [0, 0.05) is 14.2 Å². The SMILES string of the molecule is NC(c1cc(Cl)ccc1I)c1cccc(F)c1F. The first-order valence-corrected chi connectivity index (χ1v) is 6.61. The average molecular weight is 380 g/mol. The molecule has 0 saturated heterocycles. The van der Waals surface area contributed by atoms with Crippen LogP contribution in [0.25, 0.3) is 0 Å². The molecule has 0 bridgehead atoms. The lowest BCUT2D eigenvalue weighted by Gasteiger charge is -2.15. The molecule has 0 saturated carbocycles. The van der Waals surface area contributed by atoms with E-state index in [1.54, 1.807) is 18.2 Å². The molecule has 1 unspecified atom stereocenters. The molecule has 2 N–H and O–H groups in total. The second-order valence-corrected chi connectivity index (χ2v) is 5.39. The maximum absolute atomic E-state index is 13.7. The van der Waals surface area contributed by atoms with E-state index in [0.717, 1.165) is 9.64 Å². The molecule has 0 aliphatic carbocycles. The van der Waals surface area contributed by atoms with Gasteiger partial charge in [-0.3, -0.25) is 0 Å². The van der Waals surface area contributed by atoms with Crippen LogP contribution in [0.4, 0.5) is 8.78 Å². The number of nitrogens with two attached hydrogens (primary N) is 1. The number of benzene rings is 2. The molecule has 0 aliphatic heterocycles. The summed E-state index contributed by atoms with van der Waals surface area (Å²) >= 11 is 7.98. The van der Waals surface area contributed by atoms with Gasteiger partial charge in [-0.2, -0.15) is 0 Å². The Kier molecular flexibility index (Phi) is 4.19. The van der Waals surface area contributed by atoms with Crippen LogP contribution in [0.1, 0.15) is 17.2 Å². The van der Waals surface area contributed by atoms with Crippen LogP contribution in [-0.2, 0) is 0 Å². The zero-order valence-electron chi connectivity index (χ0n) is 9.13. The van der Waals surface area contributed by atoms with E-state index in [2.05, 4.69) is 22.6 Å². The molecule has 2 aromatic carbocycles. The lowest BCUT2D eigenvalue weighted by molar-refractivity contribution is 0.494. The Labute approximate surface area is 122 Å². The molecule has 1 atom stereocenters. The van der Waals surface area contributed by atoms with E-state index in [-0.39, 0.29) is 5.56 Å². The molecule has 0 aliphatic rings. The second-order valence-electron chi connectivity index (χ2n) is 3.79. The summed E-state index contributed by atoms with van der Waals surface area (Å²) < 4.78 is 27.7. The van der Waals surface area contributed by atoms with E-state index in [9.17, 15) is 8.78 Å². The third kappa shape index (κ3) is 2.65. The summed E-state index contributed by atoms with van der Waals surface area (Å²) in [7, 11) is 0. The predicted octanol–water partition coefficient (Wildman–Crippen LogP) is 4.27. The Hall–Kier alpha value is -0.720. The van der Waals surface area contributed by atoms with Gasteiger partial charge in [-0.15, -0.1) is 0 Å². The molecule has 0 amide bonds. The molecular weight excluding hydrogens is 371 g/mol. The minimum atomic E-state index is -0.916. The van der Waals surface area contributed by atoms with Crippen LogP contribution in [-0.4, -0.2) is 0 Å². The highest BCUT2D eigenvalue weighted by molar-refractivity contribution is 14.1. The number of rotatable bonds is 2. The summed E-state index contributed by atoms with van der Waals surface area (Å²) in [6.45, 7) is 0. The van der Waals surface area contributed by atoms with E-state index in [4.69, 9.17) is 17.3 Å². The van der Waals surface area contributed by atoms with Gasteiger partial charge in [-0.25, -0.2) is 8.78 Å². The average Bonchev–Trinajstić information content (AvgIpc) is 2.35. The zero-order chi connectivity index (χ0) is 13.3. The molecule has 0 aromatic heterocycles. The molecule has 18 heavy (non-hydrogen) atoms. The Balaban J connectivity index is 2.51. The molecule has 0 heterocycles. The van der Waals surface area contributed by atoms with E-state index in [0.29, 0.717) is 10.6 Å². The van der Waals surface area contributed by atoms with Gasteiger partial charge in [0.15, 0.2) is 11.6 Å². The van der Waals surface area contributed by atoms with Crippen molar-refractivity contribution in [2.24, 2.45) is 5.73 Å². The Morgan fingerprint density at radius 3 is 2.56 bits per heavy atom. The first kappa shape index (κ1) is 13.7. The van der Waals surface area contributed by atoms with Crippen molar-refractivity contribution in [1.29, 1.82) is 0 Å². The fourth-order valence-corrected chi connectivity index (χ4v) is 2.53. The van der Waals surface area contributed by atoms with Gasteiger partial charge in [-0.1, -0.05) is 23.7 Å². The van der Waals surface area contributed by atoms with Gasteiger partial charge in [0.05, 0.1) is 6.04 Å². The van der Waals surface area contributed by atoms with E-state index in [1.807, 2.05) is 0 Å². The summed E-state index contributed by atoms with van der Waals surface area (Å²) in [5.74, 6) is -1.82. The Morgan fingerprint density at radius 2 is 1.83 bits per heavy atom. The second kappa shape index (κ2) is 5.50. The number of hydrogen-bond acceptors (Lipinski definition) is 1. The van der Waals surface area contributed by atoms with Crippen molar-refractivity contribution >= 4 is 34.2 Å². The third-order valence-electron chi connectivity index (χ3n) is 2.61. The zero-order valence-corrected chi connectivity index (χ0v) is 12.0. The van der Waals surface area contributed by atoms with Crippen molar-refractivity contribution in [2.45, 2.75) is 6.04 Å². The van der Waals surface area contributed by atoms with E-state index < -0.39 is 17.7 Å². The smallest absolute Gasteiger partial charge is 0.163 e. The van der Waals surface area contributed by atoms with Gasteiger partial charge >= 0.3 is 0 Å². The summed E-state index contributed by atoms with van der Waals surface area (Å²) in [4.78, 5) is 0. The van der Waals surface area contributed by atoms with Crippen LogP contribution in [0.2, 0.25) is 5.02 Å². The highest BCUT2D eigenvalue weighted by atomic mass is 127. The largest absolute Gasteiger partial charge is 0.320 e. The van der Waals surface area contributed by atoms with Crippen LogP contribution in [0.5, 0.6) is 0 Å². The van der Waals surface area contributed by atoms with Gasteiger partial charge in [0.25, 0.3) is 0 Å². The quantitative estimate of drug-likeness (QED) is 0.775. The number of hydrogen-bond donors (Lipinski definition) is 1. The molecule has 1 nitrogen and oxygen atoms in total. The molecule has 5 heteroatoms. The summed E-state index contributed by atoms with van der Waals surface area (Å²) in [6.07, 6.45) is 0. The van der Waals surface area contributed by atoms with Gasteiger partial charge in [-0.05, 0) is 52.4 Å². The van der Waals surface area contributed by atoms with Crippen LogP contribution >= 0.6 is 34.2 Å². The molecule has 0 spiro atoms. The Morgan fingerprint density at radius 1 is 1.11 bits per heavy atom. The molecule has 94 valence electrons. The fourth-order valence-electron chi connectivity index (χ4n) is 1.68. The van der Waals surface area contributed by atoms with Gasteiger partial charge < -0.3 is 5.73 Å². The lowest BCUT2D eigenvalue weighted by Crippen LogP contribution is -2.15. The van der Waals surface area contributed by atoms with Crippen molar-refractivity contribution in [3.8, 4) is 0 Å².